The second-order valence-corrected chi connectivity index (χ2v) is 4.91. The first-order valence-corrected chi connectivity index (χ1v) is 6.21. The molecule has 0 unspecified atom stereocenters. The molecule has 0 bridgehead atoms. The number of nitrogens with one attached hydrogen (secondary N) is 1. The SMILES string of the molecule is c1cc(CNC2CC2)cc(OCC2CC2)n1. The van der Waals surface area contributed by atoms with Gasteiger partial charge in [0.2, 0.25) is 5.88 Å². The summed E-state index contributed by atoms with van der Waals surface area (Å²) in [6.45, 7) is 1.78. The number of ether oxygens (including phenoxy) is 1. The zero-order chi connectivity index (χ0) is 10.8. The minimum atomic E-state index is 0.754. The van der Waals surface area contributed by atoms with Crippen LogP contribution in [-0.4, -0.2) is 17.6 Å². The number of hydrogen-bond acceptors (Lipinski definition) is 3. The molecule has 0 atom stereocenters. The molecular formula is C13H18N2O. The van der Waals surface area contributed by atoms with E-state index in [-0.39, 0.29) is 0 Å². The van der Waals surface area contributed by atoms with E-state index in [9.17, 15) is 0 Å². The van der Waals surface area contributed by atoms with Gasteiger partial charge in [0.1, 0.15) is 0 Å². The van der Waals surface area contributed by atoms with E-state index in [0.717, 1.165) is 31.0 Å². The van der Waals surface area contributed by atoms with Crippen LogP contribution in [0.2, 0.25) is 0 Å². The molecule has 0 aromatic carbocycles. The van der Waals surface area contributed by atoms with Crippen LogP contribution in [0, 0.1) is 5.92 Å². The fourth-order valence-electron chi connectivity index (χ4n) is 1.68. The van der Waals surface area contributed by atoms with E-state index in [2.05, 4.69) is 22.4 Å². The Labute approximate surface area is 96.2 Å². The lowest BCUT2D eigenvalue weighted by Crippen LogP contribution is -2.15. The first-order valence-electron chi connectivity index (χ1n) is 6.21. The molecule has 0 spiro atoms. The molecule has 86 valence electrons. The maximum absolute atomic E-state index is 5.65. The highest BCUT2D eigenvalue weighted by Crippen LogP contribution is 2.29. The zero-order valence-corrected chi connectivity index (χ0v) is 9.48. The van der Waals surface area contributed by atoms with Gasteiger partial charge < -0.3 is 10.1 Å². The van der Waals surface area contributed by atoms with Crippen molar-refractivity contribution in [2.24, 2.45) is 5.92 Å². The molecular weight excluding hydrogens is 200 g/mol. The van der Waals surface area contributed by atoms with Gasteiger partial charge in [0, 0.05) is 24.8 Å². The van der Waals surface area contributed by atoms with Crippen LogP contribution in [0.3, 0.4) is 0 Å². The molecule has 3 rings (SSSR count). The molecule has 2 aliphatic carbocycles. The molecule has 2 aliphatic rings. The minimum Gasteiger partial charge on any atom is -0.477 e. The number of pyridine rings is 1. The molecule has 1 N–H and O–H groups in total. The first-order chi connectivity index (χ1) is 7.90. The highest BCUT2D eigenvalue weighted by atomic mass is 16.5. The van der Waals surface area contributed by atoms with Gasteiger partial charge in [-0.05, 0) is 43.2 Å². The van der Waals surface area contributed by atoms with E-state index in [1.807, 2.05) is 6.20 Å². The van der Waals surface area contributed by atoms with Crippen LogP contribution < -0.4 is 10.1 Å². The van der Waals surface area contributed by atoms with Crippen LogP contribution in [0.4, 0.5) is 0 Å². The van der Waals surface area contributed by atoms with Crippen molar-refractivity contribution >= 4 is 0 Å². The molecule has 3 nitrogen and oxygen atoms in total. The lowest BCUT2D eigenvalue weighted by Gasteiger charge is -2.06. The van der Waals surface area contributed by atoms with Crippen molar-refractivity contribution in [1.82, 2.24) is 10.3 Å². The largest absolute Gasteiger partial charge is 0.477 e. The quantitative estimate of drug-likeness (QED) is 0.794. The van der Waals surface area contributed by atoms with E-state index in [1.165, 1.54) is 31.2 Å². The summed E-state index contributed by atoms with van der Waals surface area (Å²) in [4.78, 5) is 4.23. The Morgan fingerprint density at radius 3 is 2.94 bits per heavy atom. The first kappa shape index (κ1) is 10.1. The average molecular weight is 218 g/mol. The molecule has 16 heavy (non-hydrogen) atoms. The lowest BCUT2D eigenvalue weighted by atomic mass is 10.2. The van der Waals surface area contributed by atoms with Crippen LogP contribution in [0.25, 0.3) is 0 Å². The Morgan fingerprint density at radius 2 is 2.19 bits per heavy atom. The summed E-state index contributed by atoms with van der Waals surface area (Å²) in [6.07, 6.45) is 7.14. The molecule has 1 heterocycles. The Hall–Kier alpha value is -1.09. The Morgan fingerprint density at radius 1 is 1.31 bits per heavy atom. The number of aromatic nitrogens is 1. The predicted molar refractivity (Wildman–Crippen MR) is 62.3 cm³/mol. The van der Waals surface area contributed by atoms with Crippen molar-refractivity contribution in [3.63, 3.8) is 0 Å². The van der Waals surface area contributed by atoms with E-state index in [1.54, 1.807) is 0 Å². The van der Waals surface area contributed by atoms with Gasteiger partial charge in [-0.3, -0.25) is 0 Å². The van der Waals surface area contributed by atoms with Gasteiger partial charge in [0.25, 0.3) is 0 Å². The lowest BCUT2D eigenvalue weighted by molar-refractivity contribution is 0.288. The smallest absolute Gasteiger partial charge is 0.213 e. The van der Waals surface area contributed by atoms with Gasteiger partial charge in [-0.2, -0.15) is 0 Å². The summed E-state index contributed by atoms with van der Waals surface area (Å²) in [5.74, 6) is 1.57. The maximum atomic E-state index is 5.65. The fraction of sp³-hybridized carbons (Fsp3) is 0.615. The average Bonchev–Trinajstić information content (AvgIpc) is 3.17. The van der Waals surface area contributed by atoms with Gasteiger partial charge in [0.05, 0.1) is 6.61 Å². The van der Waals surface area contributed by atoms with Crippen molar-refractivity contribution in [2.75, 3.05) is 6.61 Å². The molecule has 2 saturated carbocycles. The standard InChI is InChI=1S/C13H18N2O/c1-2-10(1)9-16-13-7-11(5-6-14-13)8-15-12-3-4-12/h5-7,10,12,15H,1-4,8-9H2. The van der Waals surface area contributed by atoms with E-state index in [4.69, 9.17) is 4.74 Å². The van der Waals surface area contributed by atoms with Gasteiger partial charge >= 0.3 is 0 Å². The van der Waals surface area contributed by atoms with Crippen molar-refractivity contribution < 1.29 is 4.74 Å². The Balaban J connectivity index is 1.52. The highest BCUT2D eigenvalue weighted by molar-refractivity contribution is 5.20. The summed E-state index contributed by atoms with van der Waals surface area (Å²) < 4.78 is 5.65. The van der Waals surface area contributed by atoms with Gasteiger partial charge in [-0.1, -0.05) is 0 Å². The summed E-state index contributed by atoms with van der Waals surface area (Å²) in [5, 5.41) is 3.49. The summed E-state index contributed by atoms with van der Waals surface area (Å²) in [6, 6.07) is 4.86. The highest BCUT2D eigenvalue weighted by Gasteiger charge is 2.22. The van der Waals surface area contributed by atoms with Crippen LogP contribution in [-0.2, 0) is 6.54 Å². The van der Waals surface area contributed by atoms with E-state index >= 15 is 0 Å². The van der Waals surface area contributed by atoms with Crippen LogP contribution in [0.5, 0.6) is 5.88 Å². The molecule has 1 aromatic heterocycles. The van der Waals surface area contributed by atoms with Crippen molar-refractivity contribution in [3.05, 3.63) is 23.9 Å². The maximum Gasteiger partial charge on any atom is 0.213 e. The molecule has 0 aliphatic heterocycles. The third-order valence-corrected chi connectivity index (χ3v) is 3.14. The molecule has 2 fully saturated rings. The van der Waals surface area contributed by atoms with E-state index < -0.39 is 0 Å². The summed E-state index contributed by atoms with van der Waals surface area (Å²) >= 11 is 0. The molecule has 0 saturated heterocycles. The number of nitrogens with zero attached hydrogens (tertiary/aromatic N) is 1. The van der Waals surface area contributed by atoms with Crippen molar-refractivity contribution in [1.29, 1.82) is 0 Å². The monoisotopic (exact) mass is 218 g/mol. The van der Waals surface area contributed by atoms with Crippen molar-refractivity contribution in [3.8, 4) is 5.88 Å². The molecule has 0 radical (unpaired) electrons. The normalized spacial score (nSPS) is 19.8. The van der Waals surface area contributed by atoms with Gasteiger partial charge in [0.15, 0.2) is 0 Å². The van der Waals surface area contributed by atoms with Gasteiger partial charge in [-0.15, -0.1) is 0 Å². The summed E-state index contributed by atoms with van der Waals surface area (Å²) in [5.41, 5.74) is 1.27. The molecule has 3 heteroatoms. The van der Waals surface area contributed by atoms with E-state index in [0.29, 0.717) is 0 Å². The number of hydrogen-bond donors (Lipinski definition) is 1. The summed E-state index contributed by atoms with van der Waals surface area (Å²) in [7, 11) is 0. The van der Waals surface area contributed by atoms with Crippen LogP contribution >= 0.6 is 0 Å². The third kappa shape index (κ3) is 2.95. The third-order valence-electron chi connectivity index (χ3n) is 3.14. The Kier molecular flexibility index (Phi) is 2.79. The minimum absolute atomic E-state index is 0.754. The van der Waals surface area contributed by atoms with Crippen molar-refractivity contribution in [2.45, 2.75) is 38.3 Å². The Bertz CT molecular complexity index is 327. The van der Waals surface area contributed by atoms with Crippen LogP contribution in [0.15, 0.2) is 18.3 Å². The zero-order valence-electron chi connectivity index (χ0n) is 9.48. The molecule has 1 aromatic rings. The second-order valence-electron chi connectivity index (χ2n) is 4.91. The fourth-order valence-corrected chi connectivity index (χ4v) is 1.68. The molecule has 0 amide bonds. The van der Waals surface area contributed by atoms with Crippen LogP contribution in [0.1, 0.15) is 31.2 Å². The number of rotatable bonds is 6. The second kappa shape index (κ2) is 4.42. The predicted octanol–water partition coefficient (Wildman–Crippen LogP) is 2.12. The van der Waals surface area contributed by atoms with Gasteiger partial charge in [-0.25, -0.2) is 4.98 Å². The topological polar surface area (TPSA) is 34.1 Å².